The molecule has 0 amide bonds. The third-order valence-electron chi connectivity index (χ3n) is 2.61. The molecule has 0 unspecified atom stereocenters. The normalized spacial score (nSPS) is 15.3. The average molecular weight is 220 g/mol. The Bertz CT molecular complexity index is 393. The molecule has 86 valence electrons. The second-order valence-corrected chi connectivity index (χ2v) is 3.73. The van der Waals surface area contributed by atoms with Gasteiger partial charge < -0.3 is 4.74 Å². The van der Waals surface area contributed by atoms with Crippen molar-refractivity contribution in [2.75, 3.05) is 12.0 Å². The molecule has 0 saturated heterocycles. The standard InChI is InChI=1S/C12H16N2O2/c1-2-16-12(15)10-6-5-7-11(10)13-14-8-3-4-9-14/h3-4,8-9,13H,2,5-7H2,1H3. The van der Waals surface area contributed by atoms with Crippen molar-refractivity contribution in [1.82, 2.24) is 4.68 Å². The van der Waals surface area contributed by atoms with Crippen molar-refractivity contribution < 1.29 is 9.53 Å². The summed E-state index contributed by atoms with van der Waals surface area (Å²) in [6, 6.07) is 3.87. The maximum Gasteiger partial charge on any atom is 0.335 e. The van der Waals surface area contributed by atoms with Gasteiger partial charge in [-0.1, -0.05) is 0 Å². The molecular weight excluding hydrogens is 204 g/mol. The van der Waals surface area contributed by atoms with Crippen LogP contribution in [-0.4, -0.2) is 17.3 Å². The number of rotatable bonds is 4. The first kappa shape index (κ1) is 10.8. The van der Waals surface area contributed by atoms with Gasteiger partial charge in [0.2, 0.25) is 0 Å². The number of hydrogen-bond donors (Lipinski definition) is 1. The Morgan fingerprint density at radius 2 is 2.19 bits per heavy atom. The third-order valence-corrected chi connectivity index (χ3v) is 2.61. The van der Waals surface area contributed by atoms with Crippen LogP contribution in [0.5, 0.6) is 0 Å². The molecule has 0 saturated carbocycles. The Labute approximate surface area is 94.9 Å². The average Bonchev–Trinajstić information content (AvgIpc) is 2.90. The van der Waals surface area contributed by atoms with Gasteiger partial charge in [-0.05, 0) is 38.3 Å². The summed E-state index contributed by atoms with van der Waals surface area (Å²) in [6.07, 6.45) is 6.55. The molecule has 0 aromatic carbocycles. The van der Waals surface area contributed by atoms with E-state index in [9.17, 15) is 4.79 Å². The number of esters is 1. The molecule has 0 fully saturated rings. The van der Waals surface area contributed by atoms with Crippen LogP contribution in [0.4, 0.5) is 0 Å². The summed E-state index contributed by atoms with van der Waals surface area (Å²) >= 11 is 0. The van der Waals surface area contributed by atoms with Gasteiger partial charge in [0, 0.05) is 18.1 Å². The molecule has 1 aromatic heterocycles. The molecule has 1 aromatic rings. The van der Waals surface area contributed by atoms with Gasteiger partial charge in [0.05, 0.1) is 12.2 Å². The first-order valence-electron chi connectivity index (χ1n) is 5.60. The zero-order chi connectivity index (χ0) is 11.4. The molecule has 4 heteroatoms. The van der Waals surface area contributed by atoms with Gasteiger partial charge in [-0.15, -0.1) is 0 Å². The third kappa shape index (κ3) is 2.27. The number of carbonyl (C=O) groups excluding carboxylic acids is 1. The topological polar surface area (TPSA) is 43.3 Å². The Morgan fingerprint density at radius 3 is 2.88 bits per heavy atom. The van der Waals surface area contributed by atoms with Crippen LogP contribution in [0.3, 0.4) is 0 Å². The van der Waals surface area contributed by atoms with Gasteiger partial charge >= 0.3 is 5.97 Å². The summed E-state index contributed by atoms with van der Waals surface area (Å²) < 4.78 is 6.88. The lowest BCUT2D eigenvalue weighted by Crippen LogP contribution is -2.15. The molecule has 0 radical (unpaired) electrons. The molecule has 1 aliphatic carbocycles. The fourth-order valence-corrected chi connectivity index (χ4v) is 1.88. The molecule has 1 aliphatic rings. The molecule has 4 nitrogen and oxygen atoms in total. The van der Waals surface area contributed by atoms with E-state index in [0.717, 1.165) is 30.5 Å². The summed E-state index contributed by atoms with van der Waals surface area (Å²) in [5.74, 6) is -0.186. The van der Waals surface area contributed by atoms with Gasteiger partial charge in [-0.3, -0.25) is 10.1 Å². The molecular formula is C12H16N2O2. The summed E-state index contributed by atoms with van der Waals surface area (Å²) in [5.41, 5.74) is 4.97. The van der Waals surface area contributed by atoms with E-state index < -0.39 is 0 Å². The Balaban J connectivity index is 2.11. The smallest absolute Gasteiger partial charge is 0.335 e. The number of ether oxygens (including phenoxy) is 1. The highest BCUT2D eigenvalue weighted by atomic mass is 16.5. The fourth-order valence-electron chi connectivity index (χ4n) is 1.88. The summed E-state index contributed by atoms with van der Waals surface area (Å²) in [6.45, 7) is 2.26. The van der Waals surface area contributed by atoms with E-state index >= 15 is 0 Å². The minimum Gasteiger partial charge on any atom is -0.463 e. The monoisotopic (exact) mass is 220 g/mol. The Hall–Kier alpha value is -1.71. The molecule has 16 heavy (non-hydrogen) atoms. The predicted molar refractivity (Wildman–Crippen MR) is 61.3 cm³/mol. The lowest BCUT2D eigenvalue weighted by molar-refractivity contribution is -0.138. The van der Waals surface area contributed by atoms with Crippen LogP contribution in [-0.2, 0) is 9.53 Å². The van der Waals surface area contributed by atoms with Crippen molar-refractivity contribution in [3.8, 4) is 0 Å². The Kier molecular flexibility index (Phi) is 3.29. The van der Waals surface area contributed by atoms with Crippen molar-refractivity contribution in [2.45, 2.75) is 26.2 Å². The van der Waals surface area contributed by atoms with Gasteiger partial charge in [0.25, 0.3) is 0 Å². The zero-order valence-electron chi connectivity index (χ0n) is 9.40. The maximum atomic E-state index is 11.7. The number of allylic oxidation sites excluding steroid dienone is 1. The van der Waals surface area contributed by atoms with Crippen LogP contribution in [0.25, 0.3) is 0 Å². The highest BCUT2D eigenvalue weighted by Gasteiger charge is 2.21. The van der Waals surface area contributed by atoms with Crippen LogP contribution < -0.4 is 5.43 Å². The SMILES string of the molecule is CCOC(=O)C1=C(Nn2cccc2)CCC1. The first-order valence-corrected chi connectivity index (χ1v) is 5.60. The predicted octanol–water partition coefficient (Wildman–Crippen LogP) is 2.03. The minimum absolute atomic E-state index is 0.186. The lowest BCUT2D eigenvalue weighted by Gasteiger charge is -2.10. The second kappa shape index (κ2) is 4.88. The largest absolute Gasteiger partial charge is 0.463 e. The molecule has 2 rings (SSSR count). The van der Waals surface area contributed by atoms with E-state index in [4.69, 9.17) is 4.74 Å². The lowest BCUT2D eigenvalue weighted by atomic mass is 10.2. The van der Waals surface area contributed by atoms with Crippen LogP contribution in [0.1, 0.15) is 26.2 Å². The van der Waals surface area contributed by atoms with Gasteiger partial charge in [0.15, 0.2) is 0 Å². The minimum atomic E-state index is -0.186. The van der Waals surface area contributed by atoms with Crippen molar-refractivity contribution in [2.24, 2.45) is 0 Å². The van der Waals surface area contributed by atoms with E-state index in [1.807, 2.05) is 36.1 Å². The van der Waals surface area contributed by atoms with E-state index in [-0.39, 0.29) is 5.97 Å². The van der Waals surface area contributed by atoms with Gasteiger partial charge in [0.1, 0.15) is 0 Å². The summed E-state index contributed by atoms with van der Waals surface area (Å²) in [7, 11) is 0. The number of aromatic nitrogens is 1. The van der Waals surface area contributed by atoms with Crippen molar-refractivity contribution >= 4 is 5.97 Å². The number of nitrogens with zero attached hydrogens (tertiary/aromatic N) is 1. The molecule has 0 spiro atoms. The van der Waals surface area contributed by atoms with Crippen molar-refractivity contribution in [1.29, 1.82) is 0 Å². The molecule has 0 atom stereocenters. The zero-order valence-corrected chi connectivity index (χ0v) is 9.40. The molecule has 0 bridgehead atoms. The Morgan fingerprint density at radius 1 is 1.44 bits per heavy atom. The molecule has 0 aliphatic heterocycles. The summed E-state index contributed by atoms with van der Waals surface area (Å²) in [4.78, 5) is 11.7. The van der Waals surface area contributed by atoms with Gasteiger partial charge in [-0.25, -0.2) is 4.79 Å². The maximum absolute atomic E-state index is 11.7. The van der Waals surface area contributed by atoms with Crippen LogP contribution >= 0.6 is 0 Å². The highest BCUT2D eigenvalue weighted by molar-refractivity contribution is 5.90. The number of hydrogen-bond acceptors (Lipinski definition) is 3. The second-order valence-electron chi connectivity index (χ2n) is 3.73. The molecule has 1 N–H and O–H groups in total. The summed E-state index contributed by atoms with van der Waals surface area (Å²) in [5, 5.41) is 0. The first-order chi connectivity index (χ1) is 7.81. The van der Waals surface area contributed by atoms with E-state index in [0.29, 0.717) is 6.61 Å². The van der Waals surface area contributed by atoms with Crippen molar-refractivity contribution in [3.63, 3.8) is 0 Å². The van der Waals surface area contributed by atoms with Crippen LogP contribution in [0.15, 0.2) is 35.8 Å². The number of carbonyl (C=O) groups is 1. The van der Waals surface area contributed by atoms with Crippen LogP contribution in [0, 0.1) is 0 Å². The van der Waals surface area contributed by atoms with Crippen LogP contribution in [0.2, 0.25) is 0 Å². The van der Waals surface area contributed by atoms with E-state index in [1.54, 1.807) is 0 Å². The van der Waals surface area contributed by atoms with E-state index in [2.05, 4.69) is 5.43 Å². The fraction of sp³-hybridized carbons (Fsp3) is 0.417. The van der Waals surface area contributed by atoms with Crippen molar-refractivity contribution in [3.05, 3.63) is 35.8 Å². The number of nitrogens with one attached hydrogen (secondary N) is 1. The molecule has 1 heterocycles. The highest BCUT2D eigenvalue weighted by Crippen LogP contribution is 2.25. The van der Waals surface area contributed by atoms with E-state index in [1.165, 1.54) is 0 Å². The van der Waals surface area contributed by atoms with Gasteiger partial charge in [-0.2, -0.15) is 0 Å². The quantitative estimate of drug-likeness (QED) is 0.789.